The van der Waals surface area contributed by atoms with E-state index < -0.39 is 5.60 Å². The molecule has 4 nitrogen and oxygen atoms in total. The van der Waals surface area contributed by atoms with E-state index in [9.17, 15) is 9.90 Å². The maximum Gasteiger partial charge on any atom is 0.337 e. The molecule has 0 radical (unpaired) electrons. The molecule has 19 heavy (non-hydrogen) atoms. The molecule has 0 spiro atoms. The molecule has 0 aromatic heterocycles. The fourth-order valence-corrected chi connectivity index (χ4v) is 1.98. The van der Waals surface area contributed by atoms with Gasteiger partial charge in [0.1, 0.15) is 0 Å². The molecule has 0 amide bonds. The number of benzene rings is 1. The Morgan fingerprint density at radius 1 is 1.37 bits per heavy atom. The van der Waals surface area contributed by atoms with Crippen molar-refractivity contribution in [2.45, 2.75) is 38.8 Å². The third-order valence-electron chi connectivity index (χ3n) is 3.00. The van der Waals surface area contributed by atoms with Crippen LogP contribution in [0.1, 0.15) is 42.6 Å². The number of ether oxygens (including phenoxy) is 1. The largest absolute Gasteiger partial charge is 0.465 e. The Bertz CT molecular complexity index is 398. The minimum absolute atomic E-state index is 0.328. The summed E-state index contributed by atoms with van der Waals surface area (Å²) in [5.41, 5.74) is 0.949. The Labute approximate surface area is 114 Å². The number of hydrogen-bond donors (Lipinski definition) is 2. The molecule has 1 aromatic rings. The molecule has 0 saturated heterocycles. The van der Waals surface area contributed by atoms with Crippen LogP contribution in [0.5, 0.6) is 0 Å². The molecule has 0 aliphatic heterocycles. The monoisotopic (exact) mass is 265 g/mol. The first-order valence-corrected chi connectivity index (χ1v) is 6.59. The number of rotatable bonds is 7. The maximum absolute atomic E-state index is 11.3. The van der Waals surface area contributed by atoms with Gasteiger partial charge in [-0.3, -0.25) is 0 Å². The van der Waals surface area contributed by atoms with E-state index in [0.717, 1.165) is 18.4 Å². The Morgan fingerprint density at radius 2 is 2.00 bits per heavy atom. The van der Waals surface area contributed by atoms with Gasteiger partial charge >= 0.3 is 5.97 Å². The quantitative estimate of drug-likeness (QED) is 0.741. The van der Waals surface area contributed by atoms with Crippen molar-refractivity contribution in [3.63, 3.8) is 0 Å². The summed E-state index contributed by atoms with van der Waals surface area (Å²) in [6.07, 6.45) is 1.74. The van der Waals surface area contributed by atoms with Crippen LogP contribution in [0.2, 0.25) is 0 Å². The van der Waals surface area contributed by atoms with Crippen LogP contribution in [-0.2, 0) is 11.3 Å². The van der Waals surface area contributed by atoms with Crippen LogP contribution in [0, 0.1) is 0 Å². The van der Waals surface area contributed by atoms with E-state index in [-0.39, 0.29) is 5.97 Å². The van der Waals surface area contributed by atoms with Gasteiger partial charge in [0.05, 0.1) is 18.3 Å². The Balaban J connectivity index is 2.44. The average molecular weight is 265 g/mol. The molecule has 106 valence electrons. The highest BCUT2D eigenvalue weighted by molar-refractivity contribution is 5.89. The van der Waals surface area contributed by atoms with Gasteiger partial charge in [-0.2, -0.15) is 0 Å². The van der Waals surface area contributed by atoms with Crippen LogP contribution in [-0.4, -0.2) is 30.3 Å². The van der Waals surface area contributed by atoms with Gasteiger partial charge in [0.15, 0.2) is 0 Å². The topological polar surface area (TPSA) is 58.6 Å². The first-order chi connectivity index (χ1) is 8.98. The molecule has 0 heterocycles. The second-order valence-electron chi connectivity index (χ2n) is 5.04. The van der Waals surface area contributed by atoms with Gasteiger partial charge in [-0.1, -0.05) is 25.5 Å². The molecule has 0 fully saturated rings. The number of esters is 1. The predicted octanol–water partition coefficient (Wildman–Crippen LogP) is 2.11. The number of methoxy groups -OCH3 is 1. The van der Waals surface area contributed by atoms with Crippen LogP contribution < -0.4 is 5.32 Å². The summed E-state index contributed by atoms with van der Waals surface area (Å²) in [6.45, 7) is 5.12. The van der Waals surface area contributed by atoms with Gasteiger partial charge < -0.3 is 15.2 Å². The number of nitrogens with one attached hydrogen (secondary N) is 1. The maximum atomic E-state index is 11.3. The van der Waals surface area contributed by atoms with Crippen molar-refractivity contribution >= 4 is 5.97 Å². The summed E-state index contributed by atoms with van der Waals surface area (Å²) >= 11 is 0. The fourth-order valence-electron chi connectivity index (χ4n) is 1.98. The van der Waals surface area contributed by atoms with E-state index in [1.54, 1.807) is 12.1 Å². The fraction of sp³-hybridized carbons (Fsp3) is 0.533. The second-order valence-corrected chi connectivity index (χ2v) is 5.04. The van der Waals surface area contributed by atoms with Gasteiger partial charge in [-0.15, -0.1) is 0 Å². The first kappa shape index (κ1) is 15.7. The third kappa shape index (κ3) is 5.41. The molecule has 0 saturated carbocycles. The molecule has 0 bridgehead atoms. The Hall–Kier alpha value is -1.39. The van der Waals surface area contributed by atoms with Crippen molar-refractivity contribution in [3.05, 3.63) is 35.4 Å². The highest BCUT2D eigenvalue weighted by Gasteiger charge is 2.17. The molecule has 1 unspecified atom stereocenters. The lowest BCUT2D eigenvalue weighted by atomic mass is 10.0. The van der Waals surface area contributed by atoms with Crippen LogP contribution >= 0.6 is 0 Å². The molecular weight excluding hydrogens is 242 g/mol. The molecule has 2 N–H and O–H groups in total. The number of carbonyl (C=O) groups excluding carboxylic acids is 1. The standard InChI is InChI=1S/C15H23NO3/c1-4-9-15(2,18)11-16-10-12-5-7-13(8-6-12)14(17)19-3/h5-8,16,18H,4,9-11H2,1-3H3. The van der Waals surface area contributed by atoms with Gasteiger partial charge in [-0.05, 0) is 31.0 Å². The van der Waals surface area contributed by atoms with E-state index in [2.05, 4.69) is 17.0 Å². The number of carbonyl (C=O) groups is 1. The summed E-state index contributed by atoms with van der Waals surface area (Å²) in [4.78, 5) is 11.3. The van der Waals surface area contributed by atoms with Crippen LogP contribution in [0.15, 0.2) is 24.3 Å². The lowest BCUT2D eigenvalue weighted by Crippen LogP contribution is -2.37. The third-order valence-corrected chi connectivity index (χ3v) is 3.00. The first-order valence-electron chi connectivity index (χ1n) is 6.59. The zero-order valence-electron chi connectivity index (χ0n) is 11.9. The lowest BCUT2D eigenvalue weighted by Gasteiger charge is -2.23. The Morgan fingerprint density at radius 3 is 2.53 bits per heavy atom. The summed E-state index contributed by atoms with van der Waals surface area (Å²) in [7, 11) is 1.37. The van der Waals surface area contributed by atoms with Gasteiger partial charge in [0, 0.05) is 13.1 Å². The SMILES string of the molecule is CCCC(C)(O)CNCc1ccc(C(=O)OC)cc1. The highest BCUT2D eigenvalue weighted by Crippen LogP contribution is 2.11. The van der Waals surface area contributed by atoms with E-state index in [0.29, 0.717) is 18.7 Å². The molecular formula is C15H23NO3. The normalized spacial score (nSPS) is 13.9. The van der Waals surface area contributed by atoms with E-state index in [4.69, 9.17) is 0 Å². The van der Waals surface area contributed by atoms with Crippen molar-refractivity contribution in [2.75, 3.05) is 13.7 Å². The molecule has 4 heteroatoms. The molecule has 1 atom stereocenters. The van der Waals surface area contributed by atoms with Crippen molar-refractivity contribution in [1.82, 2.24) is 5.32 Å². The summed E-state index contributed by atoms with van der Waals surface area (Å²) in [6, 6.07) is 7.25. The predicted molar refractivity (Wildman–Crippen MR) is 75.0 cm³/mol. The molecule has 1 rings (SSSR count). The zero-order valence-corrected chi connectivity index (χ0v) is 11.9. The van der Waals surface area contributed by atoms with Crippen LogP contribution in [0.4, 0.5) is 0 Å². The summed E-state index contributed by atoms with van der Waals surface area (Å²) in [5.74, 6) is -0.328. The average Bonchev–Trinajstić information content (AvgIpc) is 2.38. The van der Waals surface area contributed by atoms with E-state index in [1.165, 1.54) is 7.11 Å². The summed E-state index contributed by atoms with van der Waals surface area (Å²) < 4.78 is 4.64. The summed E-state index contributed by atoms with van der Waals surface area (Å²) in [5, 5.41) is 13.2. The highest BCUT2D eigenvalue weighted by atomic mass is 16.5. The second kappa shape index (κ2) is 7.26. The van der Waals surface area contributed by atoms with E-state index >= 15 is 0 Å². The molecule has 0 aliphatic rings. The van der Waals surface area contributed by atoms with Crippen molar-refractivity contribution in [1.29, 1.82) is 0 Å². The van der Waals surface area contributed by atoms with Crippen molar-refractivity contribution in [2.24, 2.45) is 0 Å². The minimum Gasteiger partial charge on any atom is -0.465 e. The molecule has 1 aromatic carbocycles. The minimum atomic E-state index is -0.666. The van der Waals surface area contributed by atoms with Crippen LogP contribution in [0.25, 0.3) is 0 Å². The number of hydrogen-bond acceptors (Lipinski definition) is 4. The zero-order chi connectivity index (χ0) is 14.3. The lowest BCUT2D eigenvalue weighted by molar-refractivity contribution is 0.0498. The Kier molecular flexibility index (Phi) is 5.99. The van der Waals surface area contributed by atoms with E-state index in [1.807, 2.05) is 19.1 Å². The van der Waals surface area contributed by atoms with Crippen molar-refractivity contribution < 1.29 is 14.6 Å². The van der Waals surface area contributed by atoms with Gasteiger partial charge in [0.2, 0.25) is 0 Å². The molecule has 0 aliphatic carbocycles. The van der Waals surface area contributed by atoms with Gasteiger partial charge in [0.25, 0.3) is 0 Å². The van der Waals surface area contributed by atoms with Crippen molar-refractivity contribution in [3.8, 4) is 0 Å². The van der Waals surface area contributed by atoms with Gasteiger partial charge in [-0.25, -0.2) is 4.79 Å². The number of aliphatic hydroxyl groups is 1. The smallest absolute Gasteiger partial charge is 0.337 e. The van der Waals surface area contributed by atoms with Crippen LogP contribution in [0.3, 0.4) is 0 Å².